The molecule has 31 heavy (non-hydrogen) atoms. The van der Waals surface area contributed by atoms with E-state index in [1.807, 2.05) is 30.3 Å². The Morgan fingerprint density at radius 3 is 2.45 bits per heavy atom. The number of aromatic nitrogens is 1. The van der Waals surface area contributed by atoms with Gasteiger partial charge in [-0.1, -0.05) is 24.3 Å². The molecule has 0 atom stereocenters. The molecule has 7 heteroatoms. The van der Waals surface area contributed by atoms with Gasteiger partial charge in [0.05, 0.1) is 18.3 Å². The van der Waals surface area contributed by atoms with E-state index in [1.165, 1.54) is 6.08 Å². The Morgan fingerprint density at radius 2 is 1.68 bits per heavy atom. The first-order valence-electron chi connectivity index (χ1n) is 9.67. The lowest BCUT2D eigenvalue weighted by Crippen LogP contribution is -2.27. The first-order chi connectivity index (χ1) is 15.2. The molecule has 0 fully saturated rings. The molecular weight excluding hydrogens is 392 g/mol. The molecule has 0 saturated heterocycles. The third kappa shape index (κ3) is 5.36. The third-order valence-electron chi connectivity index (χ3n) is 4.49. The van der Waals surface area contributed by atoms with Gasteiger partial charge >= 0.3 is 6.03 Å². The highest BCUT2D eigenvalue weighted by molar-refractivity contribution is 6.03. The lowest BCUT2D eigenvalue weighted by atomic mass is 10.1. The van der Waals surface area contributed by atoms with Gasteiger partial charge in [-0.15, -0.1) is 0 Å². The highest BCUT2D eigenvalue weighted by Gasteiger charge is 2.04. The number of amides is 3. The van der Waals surface area contributed by atoms with E-state index in [9.17, 15) is 9.59 Å². The molecule has 0 aliphatic carbocycles. The van der Waals surface area contributed by atoms with Crippen molar-refractivity contribution >= 4 is 40.3 Å². The molecule has 0 aliphatic heterocycles. The van der Waals surface area contributed by atoms with Gasteiger partial charge in [-0.05, 0) is 48.5 Å². The van der Waals surface area contributed by atoms with Crippen LogP contribution < -0.4 is 16.0 Å². The molecule has 0 bridgehead atoms. The van der Waals surface area contributed by atoms with Crippen LogP contribution in [0.5, 0.6) is 0 Å². The summed E-state index contributed by atoms with van der Waals surface area (Å²) in [5.41, 5.74) is 2.93. The highest BCUT2D eigenvalue weighted by atomic mass is 16.3. The van der Waals surface area contributed by atoms with Crippen molar-refractivity contribution in [2.75, 3.05) is 10.6 Å². The molecule has 0 aliphatic rings. The van der Waals surface area contributed by atoms with Gasteiger partial charge in [0.25, 0.3) is 0 Å². The van der Waals surface area contributed by atoms with E-state index in [-0.39, 0.29) is 11.9 Å². The number of rotatable bonds is 6. The van der Waals surface area contributed by atoms with Crippen molar-refractivity contribution in [2.45, 2.75) is 6.54 Å². The molecular formula is C24H20N4O3. The number of anilines is 2. The second kappa shape index (κ2) is 9.41. The molecule has 7 nitrogen and oxygen atoms in total. The minimum absolute atomic E-state index is 0.259. The Bertz CT molecular complexity index is 1210. The van der Waals surface area contributed by atoms with E-state index in [0.29, 0.717) is 23.7 Å². The summed E-state index contributed by atoms with van der Waals surface area (Å²) in [6.07, 6.45) is 6.49. The number of hydrogen-bond acceptors (Lipinski definition) is 4. The first-order valence-corrected chi connectivity index (χ1v) is 9.67. The number of urea groups is 1. The summed E-state index contributed by atoms with van der Waals surface area (Å²) in [7, 11) is 0. The van der Waals surface area contributed by atoms with Gasteiger partial charge < -0.3 is 20.4 Å². The molecule has 4 aromatic rings. The molecule has 2 heterocycles. The maximum atomic E-state index is 12.3. The van der Waals surface area contributed by atoms with Crippen molar-refractivity contribution in [1.82, 2.24) is 10.3 Å². The lowest BCUT2D eigenvalue weighted by Gasteiger charge is -2.08. The number of benzene rings is 2. The van der Waals surface area contributed by atoms with Crippen molar-refractivity contribution in [2.24, 2.45) is 0 Å². The molecule has 154 valence electrons. The summed E-state index contributed by atoms with van der Waals surface area (Å²) in [5.74, 6) is 0.408. The van der Waals surface area contributed by atoms with Crippen LogP contribution >= 0.6 is 0 Å². The van der Waals surface area contributed by atoms with Gasteiger partial charge in [0, 0.05) is 34.6 Å². The maximum Gasteiger partial charge on any atom is 0.319 e. The zero-order valence-corrected chi connectivity index (χ0v) is 16.5. The van der Waals surface area contributed by atoms with E-state index in [2.05, 4.69) is 20.9 Å². The van der Waals surface area contributed by atoms with Gasteiger partial charge in [0.15, 0.2) is 0 Å². The zero-order valence-electron chi connectivity index (χ0n) is 16.5. The van der Waals surface area contributed by atoms with E-state index in [1.54, 1.807) is 54.9 Å². The van der Waals surface area contributed by atoms with Crippen molar-refractivity contribution in [3.05, 3.63) is 96.6 Å². The Kier molecular flexibility index (Phi) is 6.04. The number of hydrogen-bond donors (Lipinski definition) is 3. The average molecular weight is 412 g/mol. The van der Waals surface area contributed by atoms with Crippen LogP contribution in [-0.2, 0) is 11.3 Å². The van der Waals surface area contributed by atoms with Crippen molar-refractivity contribution in [1.29, 1.82) is 0 Å². The van der Waals surface area contributed by atoms with Crippen LogP contribution in [0.2, 0.25) is 0 Å². The lowest BCUT2D eigenvalue weighted by molar-refractivity contribution is -0.111. The van der Waals surface area contributed by atoms with Crippen LogP contribution in [0.1, 0.15) is 11.3 Å². The van der Waals surface area contributed by atoms with E-state index in [0.717, 1.165) is 16.5 Å². The minimum Gasteiger partial charge on any atom is -0.467 e. The molecule has 0 saturated carbocycles. The monoisotopic (exact) mass is 412 g/mol. The van der Waals surface area contributed by atoms with Gasteiger partial charge in [-0.25, -0.2) is 4.79 Å². The number of nitrogens with zero attached hydrogens (tertiary/aromatic N) is 1. The third-order valence-corrected chi connectivity index (χ3v) is 4.49. The molecule has 2 aromatic carbocycles. The predicted molar refractivity (Wildman–Crippen MR) is 120 cm³/mol. The molecule has 0 radical (unpaired) electrons. The van der Waals surface area contributed by atoms with Crippen LogP contribution in [-0.4, -0.2) is 16.9 Å². The Balaban J connectivity index is 1.31. The van der Waals surface area contributed by atoms with Crippen LogP contribution in [0.15, 0.2) is 89.7 Å². The fourth-order valence-corrected chi connectivity index (χ4v) is 3.00. The molecule has 0 spiro atoms. The maximum absolute atomic E-state index is 12.3. The number of carbonyl (C=O) groups excluding carboxylic acids is 2. The quantitative estimate of drug-likeness (QED) is 0.396. The van der Waals surface area contributed by atoms with Gasteiger partial charge in [-0.2, -0.15) is 0 Å². The van der Waals surface area contributed by atoms with Gasteiger partial charge in [-0.3, -0.25) is 9.78 Å². The van der Waals surface area contributed by atoms with Crippen LogP contribution in [0.3, 0.4) is 0 Å². The second-order valence-corrected chi connectivity index (χ2v) is 6.71. The number of nitrogens with one attached hydrogen (secondary N) is 3. The number of fused-ring (bicyclic) bond motifs is 1. The van der Waals surface area contributed by atoms with Crippen molar-refractivity contribution in [3.63, 3.8) is 0 Å². The fraction of sp³-hybridized carbons (Fsp3) is 0.0417. The fourth-order valence-electron chi connectivity index (χ4n) is 3.00. The smallest absolute Gasteiger partial charge is 0.319 e. The normalized spacial score (nSPS) is 10.8. The second-order valence-electron chi connectivity index (χ2n) is 6.71. The summed E-state index contributed by atoms with van der Waals surface area (Å²) in [4.78, 5) is 28.6. The molecule has 0 unspecified atom stereocenters. The Morgan fingerprint density at radius 1 is 0.903 bits per heavy atom. The highest BCUT2D eigenvalue weighted by Crippen LogP contribution is 2.18. The molecule has 3 amide bonds. The van der Waals surface area contributed by atoms with E-state index < -0.39 is 0 Å². The van der Waals surface area contributed by atoms with Gasteiger partial charge in [0.2, 0.25) is 5.91 Å². The Labute approximate surface area is 178 Å². The number of para-hydroxylation sites is 1. The number of furan rings is 1. The SMILES string of the molecule is O=C(/C=C/c1cccc2cccnc12)Nc1ccc(NC(=O)NCc2ccco2)cc1. The largest absolute Gasteiger partial charge is 0.467 e. The van der Waals surface area contributed by atoms with Crippen molar-refractivity contribution in [3.8, 4) is 0 Å². The topological polar surface area (TPSA) is 96.3 Å². The summed E-state index contributed by atoms with van der Waals surface area (Å²) in [5, 5.41) is 9.23. The zero-order chi connectivity index (χ0) is 21.5. The molecule has 2 aromatic heterocycles. The van der Waals surface area contributed by atoms with Crippen LogP contribution in [0.25, 0.3) is 17.0 Å². The average Bonchev–Trinajstić information content (AvgIpc) is 3.31. The Hall–Kier alpha value is -4.39. The number of carbonyl (C=O) groups is 2. The van der Waals surface area contributed by atoms with Crippen LogP contribution in [0, 0.1) is 0 Å². The standard InChI is InChI=1S/C24H20N4O3/c29-22(13-8-18-5-1-4-17-6-2-14-25-23(17)18)27-19-9-11-20(12-10-19)28-24(30)26-16-21-7-3-15-31-21/h1-15H,16H2,(H,27,29)(H2,26,28,30)/b13-8+. The summed E-state index contributed by atoms with van der Waals surface area (Å²) >= 11 is 0. The van der Waals surface area contributed by atoms with E-state index in [4.69, 9.17) is 4.42 Å². The predicted octanol–water partition coefficient (Wildman–Crippen LogP) is 4.80. The van der Waals surface area contributed by atoms with Gasteiger partial charge in [0.1, 0.15) is 5.76 Å². The molecule has 3 N–H and O–H groups in total. The van der Waals surface area contributed by atoms with Crippen molar-refractivity contribution < 1.29 is 14.0 Å². The molecule has 4 rings (SSSR count). The summed E-state index contributed by atoms with van der Waals surface area (Å²) in [6, 6.07) is 19.7. The minimum atomic E-state index is -0.347. The summed E-state index contributed by atoms with van der Waals surface area (Å²) < 4.78 is 5.16. The summed E-state index contributed by atoms with van der Waals surface area (Å²) in [6.45, 7) is 0.297. The first kappa shape index (κ1) is 19.9. The number of pyridine rings is 1. The van der Waals surface area contributed by atoms with E-state index >= 15 is 0 Å². The van der Waals surface area contributed by atoms with Crippen LogP contribution in [0.4, 0.5) is 16.2 Å².